The Kier molecular flexibility index (Phi) is 3.65. The van der Waals surface area contributed by atoms with Crippen molar-refractivity contribution in [1.82, 2.24) is 19.3 Å². The molecule has 8 heteroatoms. The van der Waals surface area contributed by atoms with E-state index in [1.807, 2.05) is 28.4 Å². The van der Waals surface area contributed by atoms with Crippen LogP contribution in [-0.2, 0) is 4.74 Å². The quantitative estimate of drug-likeness (QED) is 0.643. The summed E-state index contributed by atoms with van der Waals surface area (Å²) in [6, 6.07) is 3.98. The third-order valence-corrected chi connectivity index (χ3v) is 8.69. The Morgan fingerprint density at radius 1 is 1.25 bits per heavy atom. The number of amides is 1. The minimum Gasteiger partial charge on any atom is -0.392 e. The molecule has 1 aromatic carbocycles. The molecule has 0 radical (unpaired) electrons. The number of rotatable bonds is 2. The van der Waals surface area contributed by atoms with Crippen molar-refractivity contribution in [1.29, 1.82) is 0 Å². The maximum atomic E-state index is 13.5. The van der Waals surface area contributed by atoms with Gasteiger partial charge in [0.1, 0.15) is 11.3 Å². The Morgan fingerprint density at radius 2 is 2.06 bits per heavy atom. The number of aromatic amines is 1. The van der Waals surface area contributed by atoms with Gasteiger partial charge in [-0.1, -0.05) is 0 Å². The lowest BCUT2D eigenvalue weighted by atomic mass is 9.75. The minimum atomic E-state index is -0.238. The number of piperidine rings is 1. The third-order valence-electron chi connectivity index (χ3n) is 8.69. The summed E-state index contributed by atoms with van der Waals surface area (Å²) in [5.41, 5.74) is 3.32. The topological polar surface area (TPSA) is 99.9 Å². The molecule has 8 nitrogen and oxygen atoms in total. The van der Waals surface area contributed by atoms with E-state index in [-0.39, 0.29) is 40.9 Å². The van der Waals surface area contributed by atoms with Gasteiger partial charge in [0.25, 0.3) is 11.5 Å². The van der Waals surface area contributed by atoms with Crippen molar-refractivity contribution in [2.75, 3.05) is 19.8 Å². The second-order valence-electron chi connectivity index (χ2n) is 10.0. The van der Waals surface area contributed by atoms with Crippen LogP contribution in [0.1, 0.15) is 53.3 Å². The molecule has 2 aromatic heterocycles. The lowest BCUT2D eigenvalue weighted by Crippen LogP contribution is -2.49. The van der Waals surface area contributed by atoms with Gasteiger partial charge >= 0.3 is 0 Å². The highest BCUT2D eigenvalue weighted by Crippen LogP contribution is 2.71. The molecule has 2 saturated carbocycles. The Labute approximate surface area is 184 Å². The number of nitrogens with zero attached hydrogens (tertiary/aromatic N) is 3. The Hall–Kier alpha value is -2.71. The zero-order chi connectivity index (χ0) is 21.8. The van der Waals surface area contributed by atoms with Crippen LogP contribution in [0.2, 0.25) is 0 Å². The summed E-state index contributed by atoms with van der Waals surface area (Å²) in [5, 5.41) is 10.2. The molecule has 3 aromatic rings. The molecule has 7 rings (SSSR count). The van der Waals surface area contributed by atoms with Crippen LogP contribution in [0.5, 0.6) is 0 Å². The molecular weight excluding hydrogens is 408 g/mol. The average molecular weight is 434 g/mol. The Balaban J connectivity index is 1.33. The van der Waals surface area contributed by atoms with E-state index in [2.05, 4.69) is 9.97 Å². The normalized spacial score (nSPS) is 31.6. The van der Waals surface area contributed by atoms with Crippen molar-refractivity contribution in [3.05, 3.63) is 45.6 Å². The van der Waals surface area contributed by atoms with Crippen LogP contribution >= 0.6 is 0 Å². The molecule has 4 heterocycles. The van der Waals surface area contributed by atoms with Gasteiger partial charge in [0.15, 0.2) is 0 Å². The lowest BCUT2D eigenvalue weighted by Gasteiger charge is -2.41. The average Bonchev–Trinajstić information content (AvgIpc) is 3.07. The predicted molar refractivity (Wildman–Crippen MR) is 117 cm³/mol. The van der Waals surface area contributed by atoms with E-state index < -0.39 is 0 Å². The van der Waals surface area contributed by atoms with Crippen LogP contribution in [0.3, 0.4) is 0 Å². The number of aryl methyl sites for hydroxylation is 1. The Morgan fingerprint density at radius 3 is 2.78 bits per heavy atom. The first-order chi connectivity index (χ1) is 15.5. The van der Waals surface area contributed by atoms with Crippen LogP contribution < -0.4 is 5.56 Å². The summed E-state index contributed by atoms with van der Waals surface area (Å²) >= 11 is 0. The number of carbonyl (C=O) groups excluding carboxylic acids is 1. The van der Waals surface area contributed by atoms with Crippen LogP contribution in [0.15, 0.2) is 23.1 Å². The number of carbonyl (C=O) groups is 1. The summed E-state index contributed by atoms with van der Waals surface area (Å²) in [7, 11) is 0. The SMILES string of the molecule is Cc1cc2c(cc1C(=O)N1CC3[C@@H](O)C34CCC14)[nH]c(=O)c1cnc(C3CCOCC3)n12. The van der Waals surface area contributed by atoms with E-state index in [1.165, 1.54) is 0 Å². The van der Waals surface area contributed by atoms with Crippen molar-refractivity contribution < 1.29 is 14.6 Å². The molecule has 32 heavy (non-hydrogen) atoms. The molecule has 4 fully saturated rings. The summed E-state index contributed by atoms with van der Waals surface area (Å²) < 4.78 is 7.47. The number of H-pyrrole nitrogens is 1. The number of ether oxygens (including phenoxy) is 1. The fourth-order valence-corrected chi connectivity index (χ4v) is 6.75. The molecule has 3 unspecified atom stereocenters. The zero-order valence-electron chi connectivity index (χ0n) is 18.0. The molecule has 0 bridgehead atoms. The van der Waals surface area contributed by atoms with Crippen LogP contribution in [0.4, 0.5) is 0 Å². The van der Waals surface area contributed by atoms with Gasteiger partial charge in [0.2, 0.25) is 0 Å². The minimum absolute atomic E-state index is 0.00380. The van der Waals surface area contributed by atoms with Gasteiger partial charge < -0.3 is 19.7 Å². The second kappa shape index (κ2) is 6.20. The van der Waals surface area contributed by atoms with Gasteiger partial charge in [0.05, 0.1) is 23.3 Å². The highest BCUT2D eigenvalue weighted by atomic mass is 16.5. The molecule has 166 valence electrons. The highest BCUT2D eigenvalue weighted by Gasteiger charge is 2.78. The van der Waals surface area contributed by atoms with Crippen molar-refractivity contribution in [2.24, 2.45) is 11.3 Å². The molecule has 2 N–H and O–H groups in total. The molecule has 4 aliphatic rings. The van der Waals surface area contributed by atoms with E-state index in [1.54, 1.807) is 6.20 Å². The smallest absolute Gasteiger partial charge is 0.274 e. The van der Waals surface area contributed by atoms with Gasteiger partial charge in [-0.25, -0.2) is 4.98 Å². The van der Waals surface area contributed by atoms with Crippen LogP contribution in [0.25, 0.3) is 16.6 Å². The van der Waals surface area contributed by atoms with E-state index in [9.17, 15) is 14.7 Å². The third kappa shape index (κ3) is 2.21. The molecule has 4 atom stereocenters. The summed E-state index contributed by atoms with van der Waals surface area (Å²) in [6.45, 7) is 3.99. The number of hydrogen-bond acceptors (Lipinski definition) is 5. The van der Waals surface area contributed by atoms with Gasteiger partial charge in [-0.3, -0.25) is 14.0 Å². The summed E-state index contributed by atoms with van der Waals surface area (Å²) in [4.78, 5) is 35.9. The van der Waals surface area contributed by atoms with Crippen molar-refractivity contribution in [3.8, 4) is 0 Å². The Bertz CT molecular complexity index is 1350. The maximum absolute atomic E-state index is 13.5. The lowest BCUT2D eigenvalue weighted by molar-refractivity contribution is 0.0304. The fourth-order valence-electron chi connectivity index (χ4n) is 6.75. The van der Waals surface area contributed by atoms with Gasteiger partial charge in [-0.2, -0.15) is 0 Å². The van der Waals surface area contributed by atoms with Crippen molar-refractivity contribution in [3.63, 3.8) is 0 Å². The second-order valence-corrected chi connectivity index (χ2v) is 10.0. The maximum Gasteiger partial charge on any atom is 0.274 e. The number of nitrogens with one attached hydrogen (secondary N) is 1. The molecule has 2 aliphatic carbocycles. The predicted octanol–water partition coefficient (Wildman–Crippen LogP) is 1.97. The number of fused-ring (bicyclic) bond motifs is 3. The number of aliphatic hydroxyl groups is 1. The van der Waals surface area contributed by atoms with E-state index in [0.717, 1.165) is 42.6 Å². The zero-order valence-corrected chi connectivity index (χ0v) is 18.0. The molecule has 2 saturated heterocycles. The van der Waals surface area contributed by atoms with Gasteiger partial charge in [-0.15, -0.1) is 0 Å². The highest BCUT2D eigenvalue weighted by molar-refractivity contribution is 6.00. The van der Waals surface area contributed by atoms with Crippen molar-refractivity contribution in [2.45, 2.75) is 50.7 Å². The van der Waals surface area contributed by atoms with E-state index in [0.29, 0.717) is 36.4 Å². The molecular formula is C24H26N4O4. The van der Waals surface area contributed by atoms with Gasteiger partial charge in [-0.05, 0) is 50.3 Å². The molecule has 2 aliphatic heterocycles. The number of aliphatic hydroxyl groups excluding tert-OH is 1. The summed E-state index contributed by atoms with van der Waals surface area (Å²) in [5.74, 6) is 1.38. The first-order valence-corrected chi connectivity index (χ1v) is 11.6. The standard InChI is InChI=1S/C24H26N4O4/c1-12-8-17-16(9-14(12)23(31)27-11-15-20(29)24(15)5-2-19(24)27)26-22(30)18-10-25-21(28(17)18)13-3-6-32-7-4-13/h8-10,13,15,19-20,29H,2-7,11H2,1H3,(H,26,30)/t15?,19?,20-,24?/m1/s1. The number of likely N-dealkylation sites (tertiary alicyclic amines) is 1. The van der Waals surface area contributed by atoms with E-state index >= 15 is 0 Å². The first kappa shape index (κ1) is 18.8. The monoisotopic (exact) mass is 434 g/mol. The number of hydrogen-bond donors (Lipinski definition) is 2. The van der Waals surface area contributed by atoms with Crippen molar-refractivity contribution >= 4 is 22.5 Å². The first-order valence-electron chi connectivity index (χ1n) is 11.6. The number of imidazole rings is 1. The largest absolute Gasteiger partial charge is 0.392 e. The van der Waals surface area contributed by atoms with E-state index in [4.69, 9.17) is 4.74 Å². The van der Waals surface area contributed by atoms with Crippen LogP contribution in [-0.4, -0.2) is 62.2 Å². The number of aromatic nitrogens is 3. The number of benzene rings is 1. The molecule has 1 spiro atoms. The van der Waals surface area contributed by atoms with Crippen LogP contribution in [0, 0.1) is 18.3 Å². The van der Waals surface area contributed by atoms with Gasteiger partial charge in [0, 0.05) is 48.6 Å². The molecule has 1 amide bonds. The fraction of sp³-hybridized carbons (Fsp3) is 0.542. The summed E-state index contributed by atoms with van der Waals surface area (Å²) in [6.07, 6.45) is 5.16.